The number of anilines is 1. The highest BCUT2D eigenvalue weighted by Crippen LogP contribution is 2.35. The van der Waals surface area contributed by atoms with Crippen LogP contribution in [0.25, 0.3) is 0 Å². The number of rotatable bonds is 6. The number of aryl methyl sites for hydroxylation is 1. The molecular formula is C16H18ClF3N4OS. The van der Waals surface area contributed by atoms with E-state index < -0.39 is 11.9 Å². The molecule has 2 aromatic rings. The molecule has 142 valence electrons. The summed E-state index contributed by atoms with van der Waals surface area (Å²) in [6.45, 7) is 2.26. The average molecular weight is 407 g/mol. The van der Waals surface area contributed by atoms with Crippen LogP contribution in [0.5, 0.6) is 5.75 Å². The molecule has 2 N–H and O–H groups in total. The zero-order chi connectivity index (χ0) is 19.3. The standard InChI is InChI=1S/C16H18ClF3N4OS/c1-10-13(17)14(16(18,19)20)23-24(10)8-4-7-21-15(26)22-11-5-3-6-12(9-11)25-2/h3,5-6,9H,4,7-8H2,1-2H3,(H2,21,22,26). The van der Waals surface area contributed by atoms with Crippen LogP contribution >= 0.6 is 23.8 Å². The van der Waals surface area contributed by atoms with Crippen molar-refractivity contribution in [3.8, 4) is 5.75 Å². The van der Waals surface area contributed by atoms with E-state index in [-0.39, 0.29) is 17.3 Å². The van der Waals surface area contributed by atoms with Crippen LogP contribution in [0.1, 0.15) is 17.8 Å². The van der Waals surface area contributed by atoms with Gasteiger partial charge in [-0.1, -0.05) is 17.7 Å². The van der Waals surface area contributed by atoms with Gasteiger partial charge in [-0.15, -0.1) is 0 Å². The van der Waals surface area contributed by atoms with E-state index in [0.29, 0.717) is 23.8 Å². The van der Waals surface area contributed by atoms with Crippen LogP contribution in [0.2, 0.25) is 5.02 Å². The number of halogens is 4. The quantitative estimate of drug-likeness (QED) is 0.555. The molecule has 5 nitrogen and oxygen atoms in total. The van der Waals surface area contributed by atoms with E-state index >= 15 is 0 Å². The van der Waals surface area contributed by atoms with E-state index in [4.69, 9.17) is 28.6 Å². The summed E-state index contributed by atoms with van der Waals surface area (Å²) in [5, 5.41) is 9.60. The highest BCUT2D eigenvalue weighted by Gasteiger charge is 2.38. The molecule has 0 saturated heterocycles. The van der Waals surface area contributed by atoms with E-state index in [2.05, 4.69) is 15.7 Å². The molecule has 1 aromatic heterocycles. The minimum Gasteiger partial charge on any atom is -0.497 e. The third-order valence-electron chi connectivity index (χ3n) is 3.56. The second-order valence-electron chi connectivity index (χ2n) is 5.44. The molecular weight excluding hydrogens is 389 g/mol. The van der Waals surface area contributed by atoms with Gasteiger partial charge in [0.05, 0.1) is 17.8 Å². The van der Waals surface area contributed by atoms with Gasteiger partial charge in [-0.05, 0) is 37.7 Å². The van der Waals surface area contributed by atoms with Gasteiger partial charge in [-0.3, -0.25) is 4.68 Å². The summed E-state index contributed by atoms with van der Waals surface area (Å²) < 4.78 is 44.8. The van der Waals surface area contributed by atoms with Gasteiger partial charge in [0.25, 0.3) is 0 Å². The number of nitrogens with zero attached hydrogens (tertiary/aromatic N) is 2. The fraction of sp³-hybridized carbons (Fsp3) is 0.375. The van der Waals surface area contributed by atoms with Crippen LogP contribution in [0, 0.1) is 6.92 Å². The Morgan fingerprint density at radius 1 is 1.38 bits per heavy atom. The predicted molar refractivity (Wildman–Crippen MR) is 98.8 cm³/mol. The zero-order valence-corrected chi connectivity index (χ0v) is 15.7. The number of benzene rings is 1. The zero-order valence-electron chi connectivity index (χ0n) is 14.2. The van der Waals surface area contributed by atoms with E-state index in [1.54, 1.807) is 13.2 Å². The van der Waals surface area contributed by atoms with Gasteiger partial charge >= 0.3 is 6.18 Å². The van der Waals surface area contributed by atoms with Crippen molar-refractivity contribution in [3.05, 3.63) is 40.7 Å². The van der Waals surface area contributed by atoms with Crippen molar-refractivity contribution in [2.45, 2.75) is 26.1 Å². The lowest BCUT2D eigenvalue weighted by atomic mass is 10.3. The molecule has 1 heterocycles. The largest absolute Gasteiger partial charge is 0.497 e. The fourth-order valence-corrected chi connectivity index (χ4v) is 2.69. The number of methoxy groups -OCH3 is 1. The first-order chi connectivity index (χ1) is 12.2. The summed E-state index contributed by atoms with van der Waals surface area (Å²) in [5.41, 5.74) is 0.00211. The molecule has 0 spiro atoms. The van der Waals surface area contributed by atoms with Crippen LogP contribution in [-0.4, -0.2) is 28.5 Å². The first kappa shape index (κ1) is 20.3. The normalized spacial score (nSPS) is 11.3. The average Bonchev–Trinajstić information content (AvgIpc) is 2.87. The number of aromatic nitrogens is 2. The Labute approximate surface area is 159 Å². The summed E-state index contributed by atoms with van der Waals surface area (Å²) in [6, 6.07) is 7.27. The van der Waals surface area contributed by atoms with Crippen LogP contribution in [0.3, 0.4) is 0 Å². The minimum absolute atomic E-state index is 0.288. The summed E-state index contributed by atoms with van der Waals surface area (Å²) in [7, 11) is 1.57. The number of ether oxygens (including phenoxy) is 1. The highest BCUT2D eigenvalue weighted by molar-refractivity contribution is 7.80. The van der Waals surface area contributed by atoms with E-state index in [0.717, 1.165) is 5.69 Å². The summed E-state index contributed by atoms with van der Waals surface area (Å²) >= 11 is 10.9. The number of thiocarbonyl (C=S) groups is 1. The van der Waals surface area contributed by atoms with Gasteiger partial charge in [0.1, 0.15) is 5.75 Å². The van der Waals surface area contributed by atoms with Gasteiger partial charge in [0, 0.05) is 24.8 Å². The number of hydrogen-bond acceptors (Lipinski definition) is 3. The summed E-state index contributed by atoms with van der Waals surface area (Å²) in [5.74, 6) is 0.698. The first-order valence-electron chi connectivity index (χ1n) is 7.71. The molecule has 10 heteroatoms. The molecule has 1 aromatic carbocycles. The SMILES string of the molecule is COc1cccc(NC(=S)NCCCn2nc(C(F)(F)F)c(Cl)c2C)c1. The van der Waals surface area contributed by atoms with Crippen molar-refractivity contribution in [1.29, 1.82) is 0 Å². The number of nitrogens with one attached hydrogen (secondary N) is 2. The Bertz CT molecular complexity index is 779. The van der Waals surface area contributed by atoms with Crippen LogP contribution in [0.4, 0.5) is 18.9 Å². The molecule has 0 unspecified atom stereocenters. The minimum atomic E-state index is -4.56. The van der Waals surface area contributed by atoms with Crippen LogP contribution in [0.15, 0.2) is 24.3 Å². The lowest BCUT2D eigenvalue weighted by Crippen LogP contribution is -2.29. The van der Waals surface area contributed by atoms with Gasteiger partial charge in [-0.25, -0.2) is 0 Å². The predicted octanol–water partition coefficient (Wildman–Crippen LogP) is 4.25. The Morgan fingerprint density at radius 3 is 2.73 bits per heavy atom. The van der Waals surface area contributed by atoms with Crippen molar-refractivity contribution in [2.75, 3.05) is 19.0 Å². The third-order valence-corrected chi connectivity index (χ3v) is 4.26. The maximum absolute atomic E-state index is 12.8. The Morgan fingerprint density at radius 2 is 2.12 bits per heavy atom. The smallest absolute Gasteiger partial charge is 0.436 e. The van der Waals surface area contributed by atoms with E-state index in [9.17, 15) is 13.2 Å². The van der Waals surface area contributed by atoms with Crippen molar-refractivity contribution < 1.29 is 17.9 Å². The van der Waals surface area contributed by atoms with Crippen LogP contribution < -0.4 is 15.4 Å². The molecule has 0 amide bonds. The van der Waals surface area contributed by atoms with Gasteiger partial charge in [0.15, 0.2) is 10.8 Å². The van der Waals surface area contributed by atoms with Crippen LogP contribution in [-0.2, 0) is 12.7 Å². The lowest BCUT2D eigenvalue weighted by Gasteiger charge is -2.11. The fourth-order valence-electron chi connectivity index (χ4n) is 2.23. The molecule has 0 saturated carbocycles. The molecule has 0 radical (unpaired) electrons. The Kier molecular flexibility index (Phi) is 6.71. The van der Waals surface area contributed by atoms with Crippen molar-refractivity contribution in [2.24, 2.45) is 0 Å². The number of alkyl halides is 3. The molecule has 0 atom stereocenters. The lowest BCUT2D eigenvalue weighted by molar-refractivity contribution is -0.141. The van der Waals surface area contributed by atoms with Gasteiger partial charge in [0.2, 0.25) is 0 Å². The van der Waals surface area contributed by atoms with E-state index in [1.807, 2.05) is 18.2 Å². The van der Waals surface area contributed by atoms with Crippen molar-refractivity contribution in [1.82, 2.24) is 15.1 Å². The molecule has 0 aliphatic heterocycles. The molecule has 0 aliphatic carbocycles. The van der Waals surface area contributed by atoms with Gasteiger partial charge in [-0.2, -0.15) is 18.3 Å². The van der Waals surface area contributed by atoms with Crippen molar-refractivity contribution in [3.63, 3.8) is 0 Å². The molecule has 0 fully saturated rings. The second kappa shape index (κ2) is 8.59. The Hall–Kier alpha value is -2.00. The molecule has 0 aliphatic rings. The monoisotopic (exact) mass is 406 g/mol. The summed E-state index contributed by atoms with van der Waals surface area (Å²) in [4.78, 5) is 0. The van der Waals surface area contributed by atoms with Gasteiger partial charge < -0.3 is 15.4 Å². The maximum atomic E-state index is 12.8. The summed E-state index contributed by atoms with van der Waals surface area (Å²) in [6.07, 6.45) is -4.04. The Balaban J connectivity index is 1.82. The highest BCUT2D eigenvalue weighted by atomic mass is 35.5. The molecule has 2 rings (SSSR count). The third kappa shape index (κ3) is 5.25. The maximum Gasteiger partial charge on any atom is 0.436 e. The first-order valence-corrected chi connectivity index (χ1v) is 8.50. The molecule has 26 heavy (non-hydrogen) atoms. The second-order valence-corrected chi connectivity index (χ2v) is 6.22. The van der Waals surface area contributed by atoms with Crippen molar-refractivity contribution >= 4 is 34.6 Å². The molecule has 0 bridgehead atoms. The number of hydrogen-bond donors (Lipinski definition) is 2. The van der Waals surface area contributed by atoms with E-state index in [1.165, 1.54) is 11.6 Å². The topological polar surface area (TPSA) is 51.1 Å².